The zero-order valence-corrected chi connectivity index (χ0v) is 17.2. The number of para-hydroxylation sites is 1. The summed E-state index contributed by atoms with van der Waals surface area (Å²) in [6.45, 7) is 5.72. The molecule has 30 heavy (non-hydrogen) atoms. The van der Waals surface area contributed by atoms with Crippen LogP contribution in [0.1, 0.15) is 23.2 Å². The number of rotatable bonds is 6. The van der Waals surface area contributed by atoms with Gasteiger partial charge in [-0.15, -0.1) is 0 Å². The number of fused-ring (bicyclic) bond motifs is 3. The van der Waals surface area contributed by atoms with E-state index in [1.165, 1.54) is 11.3 Å². The molecule has 6 heteroatoms. The Morgan fingerprint density at radius 1 is 1.13 bits per heavy atom. The Labute approximate surface area is 176 Å². The molecule has 3 aliphatic rings. The predicted octanol–water partition coefficient (Wildman–Crippen LogP) is 1.36. The van der Waals surface area contributed by atoms with E-state index in [9.17, 15) is 9.59 Å². The van der Waals surface area contributed by atoms with Crippen molar-refractivity contribution in [3.63, 3.8) is 0 Å². The fourth-order valence-electron chi connectivity index (χ4n) is 5.25. The highest BCUT2D eigenvalue weighted by molar-refractivity contribution is 5.96. The van der Waals surface area contributed by atoms with Gasteiger partial charge >= 0.3 is 5.63 Å². The Balaban J connectivity index is 1.38. The Morgan fingerprint density at radius 2 is 1.97 bits per heavy atom. The van der Waals surface area contributed by atoms with Crippen LogP contribution in [-0.2, 0) is 4.74 Å². The number of amides is 1. The molecular formula is C24H29N2O4+. The molecule has 5 rings (SSSR count). The first-order chi connectivity index (χ1) is 14.7. The number of quaternary nitrogens is 1. The van der Waals surface area contributed by atoms with Gasteiger partial charge in [-0.2, -0.15) is 0 Å². The van der Waals surface area contributed by atoms with Crippen LogP contribution >= 0.6 is 0 Å². The van der Waals surface area contributed by atoms with Crippen molar-refractivity contribution in [1.29, 1.82) is 0 Å². The lowest BCUT2D eigenvalue weighted by Gasteiger charge is -2.31. The lowest BCUT2D eigenvalue weighted by Crippen LogP contribution is -3.14. The molecular weight excluding hydrogens is 380 g/mol. The first kappa shape index (κ1) is 19.5. The van der Waals surface area contributed by atoms with Crippen molar-refractivity contribution in [2.75, 3.05) is 45.9 Å². The van der Waals surface area contributed by atoms with Crippen LogP contribution in [0.3, 0.4) is 0 Å². The van der Waals surface area contributed by atoms with Gasteiger partial charge in [0.15, 0.2) is 0 Å². The van der Waals surface area contributed by atoms with E-state index in [-0.39, 0.29) is 11.5 Å². The van der Waals surface area contributed by atoms with Crippen molar-refractivity contribution in [1.82, 2.24) is 4.90 Å². The largest absolute Gasteiger partial charge is 0.422 e. The van der Waals surface area contributed by atoms with Crippen molar-refractivity contribution in [2.24, 2.45) is 17.8 Å². The molecule has 158 valence electrons. The van der Waals surface area contributed by atoms with Crippen LogP contribution in [0.5, 0.6) is 0 Å². The van der Waals surface area contributed by atoms with Crippen LogP contribution < -0.4 is 10.5 Å². The first-order valence-electron chi connectivity index (χ1n) is 11.1. The third-order valence-corrected chi connectivity index (χ3v) is 6.97. The van der Waals surface area contributed by atoms with Crippen LogP contribution in [0, 0.1) is 17.8 Å². The minimum Gasteiger partial charge on any atom is -0.422 e. The topological polar surface area (TPSA) is 64.2 Å². The molecule has 1 aromatic heterocycles. The highest BCUT2D eigenvalue weighted by atomic mass is 16.5. The second-order valence-electron chi connectivity index (χ2n) is 8.89. The summed E-state index contributed by atoms with van der Waals surface area (Å²) in [7, 11) is 0. The normalized spacial score (nSPS) is 25.8. The number of hydrogen-bond donors (Lipinski definition) is 1. The Hall–Kier alpha value is -2.44. The predicted molar refractivity (Wildman–Crippen MR) is 114 cm³/mol. The van der Waals surface area contributed by atoms with Gasteiger partial charge in [0.25, 0.3) is 5.91 Å². The highest BCUT2D eigenvalue weighted by Crippen LogP contribution is 2.43. The molecule has 1 aromatic carbocycles. The highest BCUT2D eigenvalue weighted by Gasteiger charge is 2.37. The summed E-state index contributed by atoms with van der Waals surface area (Å²) in [5, 5.41) is 0.780. The third kappa shape index (κ3) is 3.94. The van der Waals surface area contributed by atoms with Crippen molar-refractivity contribution >= 4 is 16.9 Å². The molecule has 2 fully saturated rings. The average molecular weight is 410 g/mol. The lowest BCUT2D eigenvalue weighted by molar-refractivity contribution is -0.907. The van der Waals surface area contributed by atoms with Crippen LogP contribution in [0.4, 0.5) is 0 Å². The maximum atomic E-state index is 13.5. The van der Waals surface area contributed by atoms with Gasteiger partial charge < -0.3 is 19.0 Å². The summed E-state index contributed by atoms with van der Waals surface area (Å²) in [6, 6.07) is 9.04. The lowest BCUT2D eigenvalue weighted by atomic mass is 9.93. The number of morpholine rings is 1. The van der Waals surface area contributed by atoms with Gasteiger partial charge in [0.1, 0.15) is 24.2 Å². The number of benzene rings is 1. The Bertz CT molecular complexity index is 1010. The number of nitrogens with zero attached hydrogens (tertiary/aromatic N) is 1. The fourth-order valence-corrected chi connectivity index (χ4v) is 5.25. The van der Waals surface area contributed by atoms with E-state index in [0.717, 1.165) is 44.7 Å². The second-order valence-corrected chi connectivity index (χ2v) is 8.89. The molecule has 1 amide bonds. The van der Waals surface area contributed by atoms with Gasteiger partial charge in [-0.1, -0.05) is 30.4 Å². The Kier molecular flexibility index (Phi) is 5.44. The molecule has 1 saturated carbocycles. The van der Waals surface area contributed by atoms with Crippen molar-refractivity contribution < 1.29 is 18.8 Å². The van der Waals surface area contributed by atoms with Crippen LogP contribution in [0.2, 0.25) is 0 Å². The van der Waals surface area contributed by atoms with Gasteiger partial charge in [-0.3, -0.25) is 4.79 Å². The van der Waals surface area contributed by atoms with Crippen LogP contribution in [0.15, 0.2) is 51.7 Å². The van der Waals surface area contributed by atoms with Gasteiger partial charge in [-0.05, 0) is 42.7 Å². The molecule has 2 aromatic rings. The molecule has 2 bridgehead atoms. The smallest absolute Gasteiger partial charge is 0.349 e. The Morgan fingerprint density at radius 3 is 2.73 bits per heavy atom. The molecule has 1 saturated heterocycles. The number of allylic oxidation sites excluding steroid dienone is 2. The molecule has 6 nitrogen and oxygen atoms in total. The minimum absolute atomic E-state index is 0.143. The molecule has 0 radical (unpaired) electrons. The average Bonchev–Trinajstić information content (AvgIpc) is 3.40. The summed E-state index contributed by atoms with van der Waals surface area (Å²) in [6.07, 6.45) is 6.99. The zero-order valence-electron chi connectivity index (χ0n) is 17.2. The summed E-state index contributed by atoms with van der Waals surface area (Å²) in [5.41, 5.74) is 0.112. The summed E-state index contributed by atoms with van der Waals surface area (Å²) < 4.78 is 10.9. The first-order valence-corrected chi connectivity index (χ1v) is 11.1. The van der Waals surface area contributed by atoms with Crippen molar-refractivity contribution in [3.8, 4) is 0 Å². The minimum atomic E-state index is -0.546. The zero-order chi connectivity index (χ0) is 20.5. The monoisotopic (exact) mass is 409 g/mol. The SMILES string of the molecule is O=C(c1cc2ccccc2oc1=O)N(CC[NH+]1CCOCC1)C[C@@H]1C[C@H]2C=C[C@H]1C2. The van der Waals surface area contributed by atoms with E-state index in [0.29, 0.717) is 36.4 Å². The van der Waals surface area contributed by atoms with E-state index < -0.39 is 5.63 Å². The van der Waals surface area contributed by atoms with Crippen LogP contribution in [-0.4, -0.2) is 56.7 Å². The van der Waals surface area contributed by atoms with E-state index in [1.807, 2.05) is 23.1 Å². The number of ether oxygens (including phenoxy) is 1. The van der Waals surface area contributed by atoms with E-state index in [2.05, 4.69) is 12.2 Å². The molecule has 0 spiro atoms. The summed E-state index contributed by atoms with van der Waals surface area (Å²) >= 11 is 0. The summed E-state index contributed by atoms with van der Waals surface area (Å²) in [4.78, 5) is 29.5. The molecule has 0 unspecified atom stereocenters. The maximum Gasteiger partial charge on any atom is 0.349 e. The quantitative estimate of drug-likeness (QED) is 0.578. The van der Waals surface area contributed by atoms with Gasteiger partial charge in [0, 0.05) is 11.9 Å². The number of carbonyl (C=O) groups is 1. The molecule has 3 atom stereocenters. The molecule has 2 aliphatic carbocycles. The van der Waals surface area contributed by atoms with Crippen molar-refractivity contribution in [3.05, 3.63) is 58.5 Å². The molecule has 1 aliphatic heterocycles. The number of nitrogens with one attached hydrogen (secondary N) is 1. The van der Waals surface area contributed by atoms with E-state index >= 15 is 0 Å². The standard InChI is InChI=1S/C24H28N2O4/c27-23(21-15-19-3-1-2-4-22(19)30-24(21)28)26(8-7-25-9-11-29-12-10-25)16-20-14-17-5-6-18(20)13-17/h1-6,15,17-18,20H,7-14,16H2/p+1/t17-,18-,20-/m0/s1. The van der Waals surface area contributed by atoms with Gasteiger partial charge in [0.2, 0.25) is 0 Å². The second kappa shape index (κ2) is 8.36. The van der Waals surface area contributed by atoms with Crippen LogP contribution in [0.25, 0.3) is 11.0 Å². The summed E-state index contributed by atoms with van der Waals surface area (Å²) in [5.74, 6) is 1.51. The van der Waals surface area contributed by atoms with E-state index in [4.69, 9.17) is 9.15 Å². The fraction of sp³-hybridized carbons (Fsp3) is 0.500. The number of carbonyl (C=O) groups excluding carboxylic acids is 1. The van der Waals surface area contributed by atoms with Gasteiger partial charge in [0.05, 0.1) is 26.3 Å². The van der Waals surface area contributed by atoms with Crippen molar-refractivity contribution in [2.45, 2.75) is 12.8 Å². The number of hydrogen-bond acceptors (Lipinski definition) is 4. The molecule has 2 heterocycles. The maximum absolute atomic E-state index is 13.5. The van der Waals surface area contributed by atoms with Gasteiger partial charge in [-0.25, -0.2) is 4.79 Å². The molecule has 1 N–H and O–H groups in total. The van der Waals surface area contributed by atoms with E-state index in [1.54, 1.807) is 12.1 Å². The third-order valence-electron chi connectivity index (χ3n) is 6.97.